The maximum atomic E-state index is 6.03. The Morgan fingerprint density at radius 3 is 2.27 bits per heavy atom. The lowest BCUT2D eigenvalue weighted by Gasteiger charge is -2.11. The van der Waals surface area contributed by atoms with Crippen LogP contribution < -0.4 is 37.5 Å². The zero-order valence-corrected chi connectivity index (χ0v) is 15.8. The highest BCUT2D eigenvalue weighted by atomic mass is 35.5. The number of hydrogen-bond acceptors (Lipinski definition) is 5. The first-order valence-corrected chi connectivity index (χ1v) is 7.75. The quantitative estimate of drug-likeness (QED) is 0.650. The molecule has 3 aromatic rings. The van der Waals surface area contributed by atoms with Crippen molar-refractivity contribution in [3.63, 3.8) is 0 Å². The van der Waals surface area contributed by atoms with E-state index < -0.39 is 0 Å². The summed E-state index contributed by atoms with van der Waals surface area (Å²) in [5, 5.41) is 2.94. The van der Waals surface area contributed by atoms with Crippen molar-refractivity contribution in [3.8, 4) is 39.6 Å². The van der Waals surface area contributed by atoms with Gasteiger partial charge >= 0.3 is 0 Å². The van der Waals surface area contributed by atoms with Crippen LogP contribution in [-0.4, -0.2) is 21.3 Å². The number of hydrogen-bond donors (Lipinski definition) is 1. The number of benzene rings is 2. The molecule has 0 saturated heterocycles. The minimum Gasteiger partial charge on any atom is -1.00 e. The van der Waals surface area contributed by atoms with Crippen LogP contribution in [0.15, 0.2) is 41.1 Å². The van der Waals surface area contributed by atoms with E-state index in [2.05, 4.69) is 5.16 Å². The standard InChI is InChI=1S/C19H20N2O4.ClH/c1-11-7-13(9-17(23-3)19(11)24-4)18-14(10-25-21-18)12-5-6-16(22-2)15(20)8-12;/h5-10H,20H2,1-4H3;1H. The van der Waals surface area contributed by atoms with E-state index in [1.54, 1.807) is 27.6 Å². The number of aromatic amines is 1. The van der Waals surface area contributed by atoms with Gasteiger partial charge in [0.25, 0.3) is 5.69 Å². The Balaban J connectivity index is 0.00000243. The Hall–Kier alpha value is -2.86. The highest BCUT2D eigenvalue weighted by Crippen LogP contribution is 2.38. The fraction of sp³-hybridized carbons (Fsp3) is 0.211. The maximum absolute atomic E-state index is 6.03. The van der Waals surface area contributed by atoms with E-state index in [0.29, 0.717) is 22.9 Å². The molecule has 138 valence electrons. The molecule has 0 atom stereocenters. The van der Waals surface area contributed by atoms with Gasteiger partial charge in [-0.15, -0.1) is 0 Å². The molecule has 0 radical (unpaired) electrons. The number of rotatable bonds is 5. The zero-order chi connectivity index (χ0) is 18.0. The van der Waals surface area contributed by atoms with Gasteiger partial charge in [-0.2, -0.15) is 0 Å². The summed E-state index contributed by atoms with van der Waals surface area (Å²) in [6.07, 6.45) is 1.66. The van der Waals surface area contributed by atoms with E-state index in [1.165, 1.54) is 0 Å². The SMILES string of the molecule is COc1ccc(-c2co[nH+]c2-c2cc(C)c(OC)c(OC)c2)cc1N.[Cl-]. The molecule has 0 aliphatic heterocycles. The van der Waals surface area contributed by atoms with Crippen LogP contribution >= 0.6 is 0 Å². The van der Waals surface area contributed by atoms with Gasteiger partial charge in [0, 0.05) is 0 Å². The van der Waals surface area contributed by atoms with Crippen LogP contribution in [0, 0.1) is 6.92 Å². The summed E-state index contributed by atoms with van der Waals surface area (Å²) in [6, 6.07) is 9.55. The lowest BCUT2D eigenvalue weighted by Crippen LogP contribution is -3.00. The van der Waals surface area contributed by atoms with Crippen molar-refractivity contribution < 1.29 is 36.3 Å². The highest BCUT2D eigenvalue weighted by molar-refractivity contribution is 5.81. The lowest BCUT2D eigenvalue weighted by molar-refractivity contribution is -0.599. The fourth-order valence-corrected chi connectivity index (χ4v) is 2.89. The van der Waals surface area contributed by atoms with Gasteiger partial charge in [0.2, 0.25) is 0 Å². The summed E-state index contributed by atoms with van der Waals surface area (Å²) >= 11 is 0. The van der Waals surface area contributed by atoms with E-state index in [1.807, 2.05) is 37.3 Å². The maximum Gasteiger partial charge on any atom is 0.267 e. The number of H-pyrrole nitrogens is 1. The van der Waals surface area contributed by atoms with E-state index >= 15 is 0 Å². The number of aromatic nitrogens is 1. The molecule has 1 aromatic heterocycles. The molecule has 2 aromatic carbocycles. The molecule has 3 N–H and O–H groups in total. The molecule has 0 spiro atoms. The van der Waals surface area contributed by atoms with Crippen molar-refractivity contribution in [2.45, 2.75) is 6.92 Å². The monoisotopic (exact) mass is 376 g/mol. The van der Waals surface area contributed by atoms with Crippen molar-refractivity contribution in [1.82, 2.24) is 0 Å². The van der Waals surface area contributed by atoms with E-state index in [-0.39, 0.29) is 12.4 Å². The van der Waals surface area contributed by atoms with Gasteiger partial charge in [-0.1, -0.05) is 6.07 Å². The van der Waals surface area contributed by atoms with E-state index in [0.717, 1.165) is 27.9 Å². The second kappa shape index (κ2) is 8.01. The Labute approximate surface area is 158 Å². The molecule has 0 bridgehead atoms. The van der Waals surface area contributed by atoms with E-state index in [4.69, 9.17) is 24.5 Å². The largest absolute Gasteiger partial charge is 1.00 e. The van der Waals surface area contributed by atoms with E-state index in [9.17, 15) is 0 Å². The predicted molar refractivity (Wildman–Crippen MR) is 94.9 cm³/mol. The number of methoxy groups -OCH3 is 3. The smallest absolute Gasteiger partial charge is 0.267 e. The molecule has 0 aliphatic carbocycles. The number of nitrogens with two attached hydrogens (primary N) is 1. The van der Waals surface area contributed by atoms with Gasteiger partial charge < -0.3 is 32.4 Å². The van der Waals surface area contributed by atoms with Gasteiger partial charge in [0.15, 0.2) is 17.8 Å². The van der Waals surface area contributed by atoms with Crippen molar-refractivity contribution in [1.29, 1.82) is 0 Å². The summed E-state index contributed by atoms with van der Waals surface area (Å²) < 4.78 is 21.4. The first-order valence-electron chi connectivity index (χ1n) is 7.75. The van der Waals surface area contributed by atoms with Crippen molar-refractivity contribution in [3.05, 3.63) is 42.2 Å². The number of anilines is 1. The van der Waals surface area contributed by atoms with Gasteiger partial charge in [0.05, 0.1) is 32.6 Å². The predicted octanol–water partition coefficient (Wildman–Crippen LogP) is 0.348. The molecule has 26 heavy (non-hydrogen) atoms. The van der Waals surface area contributed by atoms with Crippen LogP contribution in [0.5, 0.6) is 17.2 Å². The van der Waals surface area contributed by atoms with Crippen molar-refractivity contribution in [2.75, 3.05) is 27.1 Å². The minimum absolute atomic E-state index is 0. The summed E-state index contributed by atoms with van der Waals surface area (Å²) in [5.41, 5.74) is 11.1. The minimum atomic E-state index is 0. The Morgan fingerprint density at radius 2 is 1.65 bits per heavy atom. The lowest BCUT2D eigenvalue weighted by atomic mass is 9.99. The Bertz CT molecular complexity index is 909. The molecule has 6 nitrogen and oxygen atoms in total. The molecule has 0 fully saturated rings. The molecule has 1 heterocycles. The normalized spacial score (nSPS) is 10.2. The molecule has 0 amide bonds. The molecular weight excluding hydrogens is 356 g/mol. The van der Waals surface area contributed by atoms with Crippen LogP contribution in [-0.2, 0) is 0 Å². The number of aryl methyl sites for hydroxylation is 1. The van der Waals surface area contributed by atoms with Gasteiger partial charge in [-0.3, -0.25) is 0 Å². The highest BCUT2D eigenvalue weighted by Gasteiger charge is 2.22. The second-order valence-electron chi connectivity index (χ2n) is 5.61. The van der Waals surface area contributed by atoms with Crippen molar-refractivity contribution >= 4 is 5.69 Å². The average molecular weight is 377 g/mol. The number of nitrogens with one attached hydrogen (secondary N) is 1. The summed E-state index contributed by atoms with van der Waals surface area (Å²) in [7, 11) is 4.83. The first-order chi connectivity index (χ1) is 12.1. The third-order valence-electron chi connectivity index (χ3n) is 4.10. The van der Waals surface area contributed by atoms with Gasteiger partial charge in [-0.25, -0.2) is 4.52 Å². The van der Waals surface area contributed by atoms with Crippen LogP contribution in [0.2, 0.25) is 0 Å². The summed E-state index contributed by atoms with van der Waals surface area (Å²) in [5.74, 6) is 2.01. The fourth-order valence-electron chi connectivity index (χ4n) is 2.89. The zero-order valence-electron chi connectivity index (χ0n) is 15.1. The van der Waals surface area contributed by atoms with Crippen LogP contribution in [0.1, 0.15) is 5.56 Å². The van der Waals surface area contributed by atoms with Gasteiger partial charge in [0.1, 0.15) is 11.3 Å². The number of ether oxygens (including phenoxy) is 3. The average Bonchev–Trinajstić information content (AvgIpc) is 3.10. The van der Waals surface area contributed by atoms with Crippen molar-refractivity contribution in [2.24, 2.45) is 0 Å². The van der Waals surface area contributed by atoms with Gasteiger partial charge in [-0.05, 0) is 47.5 Å². The third kappa shape index (κ3) is 3.41. The van der Waals surface area contributed by atoms with Crippen LogP contribution in [0.4, 0.5) is 5.69 Å². The molecular formula is C19H21ClN2O4. The molecule has 0 aliphatic rings. The van der Waals surface area contributed by atoms with Crippen LogP contribution in [0.3, 0.4) is 0 Å². The number of halogens is 1. The summed E-state index contributed by atoms with van der Waals surface area (Å²) in [6.45, 7) is 1.97. The molecule has 3 rings (SSSR count). The van der Waals surface area contributed by atoms with Crippen LogP contribution in [0.25, 0.3) is 22.4 Å². The number of nitrogen functional groups attached to an aromatic ring is 1. The second-order valence-corrected chi connectivity index (χ2v) is 5.61. The third-order valence-corrected chi connectivity index (χ3v) is 4.10. The topological polar surface area (TPSA) is 81.0 Å². The Kier molecular flexibility index (Phi) is 6.00. The first kappa shape index (κ1) is 19.5. The molecule has 7 heteroatoms. The molecule has 0 saturated carbocycles. The summed E-state index contributed by atoms with van der Waals surface area (Å²) in [4.78, 5) is 0. The Morgan fingerprint density at radius 1 is 0.923 bits per heavy atom. The molecule has 0 unspecified atom stereocenters.